The molecule has 0 amide bonds. The third kappa shape index (κ3) is 3.23. The Balaban J connectivity index is 1.68. The van der Waals surface area contributed by atoms with Gasteiger partial charge >= 0.3 is 0 Å². The Hall–Kier alpha value is -3.58. The summed E-state index contributed by atoms with van der Waals surface area (Å²) in [6.07, 6.45) is 0. The molecule has 0 saturated heterocycles. The molecule has 37 heavy (non-hydrogen) atoms. The van der Waals surface area contributed by atoms with Gasteiger partial charge in [0.25, 0.3) is 0 Å². The van der Waals surface area contributed by atoms with Crippen LogP contribution in [0, 0.1) is 0 Å². The number of aromatic nitrogens is 1. The lowest BCUT2D eigenvalue weighted by atomic mass is 9.85. The van der Waals surface area contributed by atoms with E-state index in [2.05, 4.69) is 126 Å². The van der Waals surface area contributed by atoms with Gasteiger partial charge in [0.2, 0.25) is 0 Å². The van der Waals surface area contributed by atoms with E-state index < -0.39 is 0 Å². The van der Waals surface area contributed by atoms with Gasteiger partial charge in [0.1, 0.15) is 0 Å². The molecule has 1 nitrogen and oxygen atoms in total. The minimum atomic E-state index is 0.0746. The Morgan fingerprint density at radius 3 is 1.38 bits per heavy atom. The highest BCUT2D eigenvalue weighted by molar-refractivity contribution is 6.26. The molecular weight excluding hydrogens is 446 g/mol. The summed E-state index contributed by atoms with van der Waals surface area (Å²) < 4.78 is 2.54. The van der Waals surface area contributed by atoms with E-state index in [1.807, 2.05) is 0 Å². The van der Waals surface area contributed by atoms with Crippen LogP contribution in [-0.4, -0.2) is 4.40 Å². The van der Waals surface area contributed by atoms with Gasteiger partial charge in [-0.1, -0.05) is 84.9 Å². The van der Waals surface area contributed by atoms with Crippen LogP contribution in [0.1, 0.15) is 77.0 Å². The maximum atomic E-state index is 2.54. The molecule has 2 aromatic heterocycles. The SMILES string of the molecule is CC(C)c1ccc2cc3c(cc2c1)c1cc(C(C)(C)C)cc2c4cc5cc(C(C)C)ccc5cc4n3c12. The van der Waals surface area contributed by atoms with Crippen LogP contribution >= 0.6 is 0 Å². The van der Waals surface area contributed by atoms with Gasteiger partial charge in [-0.15, -0.1) is 0 Å². The number of hydrogen-bond acceptors (Lipinski definition) is 0. The Kier molecular flexibility index (Phi) is 4.57. The summed E-state index contributed by atoms with van der Waals surface area (Å²) in [5, 5.41) is 10.7. The Labute approximate surface area is 219 Å². The largest absolute Gasteiger partial charge is 0.308 e. The predicted molar refractivity (Wildman–Crippen MR) is 163 cm³/mol. The molecule has 0 unspecified atom stereocenters. The fourth-order valence-electron chi connectivity index (χ4n) is 6.22. The molecule has 0 aliphatic carbocycles. The zero-order chi connectivity index (χ0) is 25.8. The molecule has 7 aromatic rings. The van der Waals surface area contributed by atoms with Crippen molar-refractivity contribution >= 4 is 59.6 Å². The van der Waals surface area contributed by atoms with Gasteiger partial charge in [0.15, 0.2) is 0 Å². The summed E-state index contributed by atoms with van der Waals surface area (Å²) in [7, 11) is 0. The molecule has 184 valence electrons. The first-order valence-electron chi connectivity index (χ1n) is 13.7. The fraction of sp³-hybridized carbons (Fsp3) is 0.278. The maximum Gasteiger partial charge on any atom is 0.0620 e. The predicted octanol–water partition coefficient (Wildman–Crippen LogP) is 10.7. The van der Waals surface area contributed by atoms with Crippen LogP contribution in [0.2, 0.25) is 0 Å². The third-order valence-corrected chi connectivity index (χ3v) is 8.55. The van der Waals surface area contributed by atoms with Crippen molar-refractivity contribution in [1.29, 1.82) is 0 Å². The Bertz CT molecular complexity index is 1870. The summed E-state index contributed by atoms with van der Waals surface area (Å²) in [6, 6.07) is 28.6. The second kappa shape index (κ2) is 7.48. The van der Waals surface area contributed by atoms with Crippen molar-refractivity contribution in [3.05, 3.63) is 89.5 Å². The lowest BCUT2D eigenvalue weighted by Gasteiger charge is -2.19. The van der Waals surface area contributed by atoms with Crippen LogP contribution in [-0.2, 0) is 5.41 Å². The molecule has 0 aliphatic rings. The molecule has 7 rings (SSSR count). The average molecular weight is 482 g/mol. The van der Waals surface area contributed by atoms with Crippen LogP contribution in [0.15, 0.2) is 72.8 Å². The van der Waals surface area contributed by atoms with Gasteiger partial charge in [0.05, 0.1) is 16.6 Å². The third-order valence-electron chi connectivity index (χ3n) is 8.55. The van der Waals surface area contributed by atoms with Crippen LogP contribution in [0.4, 0.5) is 0 Å². The Morgan fingerprint density at radius 2 is 0.973 bits per heavy atom. The molecule has 0 saturated carbocycles. The van der Waals surface area contributed by atoms with E-state index in [1.54, 1.807) is 0 Å². The highest BCUT2D eigenvalue weighted by Gasteiger charge is 2.23. The number of benzene rings is 5. The molecule has 0 fully saturated rings. The molecule has 0 aliphatic heterocycles. The van der Waals surface area contributed by atoms with E-state index in [-0.39, 0.29) is 5.41 Å². The second-order valence-corrected chi connectivity index (χ2v) is 12.8. The highest BCUT2D eigenvalue weighted by Crippen LogP contribution is 2.44. The minimum Gasteiger partial charge on any atom is -0.308 e. The van der Waals surface area contributed by atoms with E-state index >= 15 is 0 Å². The van der Waals surface area contributed by atoms with Gasteiger partial charge in [-0.3, -0.25) is 0 Å². The van der Waals surface area contributed by atoms with E-state index in [4.69, 9.17) is 0 Å². The highest BCUT2D eigenvalue weighted by atomic mass is 14.9. The van der Waals surface area contributed by atoms with Gasteiger partial charge < -0.3 is 4.40 Å². The lowest BCUT2D eigenvalue weighted by molar-refractivity contribution is 0.592. The zero-order valence-corrected chi connectivity index (χ0v) is 23.0. The topological polar surface area (TPSA) is 4.41 Å². The summed E-state index contributed by atoms with van der Waals surface area (Å²) in [5.41, 5.74) is 8.25. The molecule has 0 spiro atoms. The van der Waals surface area contributed by atoms with Gasteiger partial charge in [-0.25, -0.2) is 0 Å². The van der Waals surface area contributed by atoms with Crippen LogP contribution in [0.3, 0.4) is 0 Å². The van der Waals surface area contributed by atoms with Gasteiger partial charge in [-0.05, 0) is 91.9 Å². The van der Waals surface area contributed by atoms with Crippen molar-refractivity contribution in [1.82, 2.24) is 4.40 Å². The van der Waals surface area contributed by atoms with E-state index in [0.717, 1.165) is 0 Å². The zero-order valence-electron chi connectivity index (χ0n) is 23.0. The molecule has 1 heteroatoms. The fourth-order valence-corrected chi connectivity index (χ4v) is 6.22. The molecule has 0 bridgehead atoms. The normalized spacial score (nSPS) is 13.2. The quantitative estimate of drug-likeness (QED) is 0.231. The molecule has 0 N–H and O–H groups in total. The maximum absolute atomic E-state index is 2.54. The van der Waals surface area contributed by atoms with Crippen molar-refractivity contribution in [2.24, 2.45) is 0 Å². The second-order valence-electron chi connectivity index (χ2n) is 12.8. The van der Waals surface area contributed by atoms with Crippen LogP contribution < -0.4 is 0 Å². The number of rotatable bonds is 2. The first-order valence-corrected chi connectivity index (χ1v) is 13.7. The molecule has 0 radical (unpaired) electrons. The minimum absolute atomic E-state index is 0.0746. The average Bonchev–Trinajstić information content (AvgIpc) is 3.35. The molecule has 0 atom stereocenters. The van der Waals surface area contributed by atoms with E-state index in [1.165, 1.54) is 76.3 Å². The van der Waals surface area contributed by atoms with Crippen molar-refractivity contribution in [2.45, 2.75) is 65.7 Å². The van der Waals surface area contributed by atoms with Crippen molar-refractivity contribution < 1.29 is 0 Å². The smallest absolute Gasteiger partial charge is 0.0620 e. The number of hydrogen-bond donors (Lipinski definition) is 0. The molecular formula is C36H35N. The number of fused-ring (bicyclic) bond motifs is 8. The van der Waals surface area contributed by atoms with Gasteiger partial charge in [0, 0.05) is 21.5 Å². The van der Waals surface area contributed by atoms with Gasteiger partial charge in [-0.2, -0.15) is 0 Å². The summed E-state index contributed by atoms with van der Waals surface area (Å²) in [5.74, 6) is 1.05. The van der Waals surface area contributed by atoms with E-state index in [9.17, 15) is 0 Å². The molecule has 5 aromatic carbocycles. The standard InChI is InChI=1S/C36H35N/c1-20(2)22-8-10-24-16-33-29(14-26(24)12-22)31-18-28(36(5,6)7)19-32-30-15-27-13-23(21(3)4)9-11-25(27)17-34(30)37(33)35(31)32/h8-21H,1-7H3. The monoisotopic (exact) mass is 481 g/mol. The number of nitrogens with zero attached hydrogens (tertiary/aromatic N) is 1. The first-order chi connectivity index (χ1) is 17.6. The van der Waals surface area contributed by atoms with Crippen LogP contribution in [0.5, 0.6) is 0 Å². The Morgan fingerprint density at radius 1 is 0.514 bits per heavy atom. The molecule has 2 heterocycles. The van der Waals surface area contributed by atoms with Crippen molar-refractivity contribution in [2.75, 3.05) is 0 Å². The van der Waals surface area contributed by atoms with Crippen LogP contribution in [0.25, 0.3) is 59.6 Å². The summed E-state index contributed by atoms with van der Waals surface area (Å²) in [4.78, 5) is 0. The summed E-state index contributed by atoms with van der Waals surface area (Å²) >= 11 is 0. The van der Waals surface area contributed by atoms with Crippen molar-refractivity contribution in [3.63, 3.8) is 0 Å². The summed E-state index contributed by atoms with van der Waals surface area (Å²) in [6.45, 7) is 16.1. The lowest BCUT2D eigenvalue weighted by Crippen LogP contribution is -2.10. The first kappa shape index (κ1) is 22.6. The van der Waals surface area contributed by atoms with E-state index in [0.29, 0.717) is 11.8 Å². The van der Waals surface area contributed by atoms with Crippen molar-refractivity contribution in [3.8, 4) is 0 Å².